The van der Waals surface area contributed by atoms with E-state index in [1.807, 2.05) is 36.4 Å². The second kappa shape index (κ2) is 19.3. The third kappa shape index (κ3) is 13.7. The van der Waals surface area contributed by atoms with Gasteiger partial charge in [0.25, 0.3) is 0 Å². The van der Waals surface area contributed by atoms with Crippen LogP contribution in [0.4, 0.5) is 4.79 Å². The van der Waals surface area contributed by atoms with Gasteiger partial charge in [0.15, 0.2) is 23.4 Å². The van der Waals surface area contributed by atoms with Crippen molar-refractivity contribution in [3.63, 3.8) is 0 Å². The highest BCUT2D eigenvalue weighted by Crippen LogP contribution is 2.22. The average molecular weight is 665 g/mol. The van der Waals surface area contributed by atoms with Gasteiger partial charge in [0.1, 0.15) is 25.0 Å². The summed E-state index contributed by atoms with van der Waals surface area (Å²) in [6.45, 7) is 3.39. The summed E-state index contributed by atoms with van der Waals surface area (Å²) in [6.07, 6.45) is -4.39. The number of hydrogen-bond donors (Lipinski definition) is 1. The molecule has 0 saturated heterocycles. The van der Waals surface area contributed by atoms with Crippen LogP contribution < -0.4 is 10.1 Å². The number of oxime groups is 1. The maximum absolute atomic E-state index is 13.0. The molecule has 248 valence electrons. The second-order valence-corrected chi connectivity index (χ2v) is 10.5. The number of carbonyl (C=O) groups is 4. The van der Waals surface area contributed by atoms with Gasteiger partial charge in [0, 0.05) is 20.8 Å². The molecule has 0 aromatic heterocycles. The first kappa shape index (κ1) is 36.2. The Morgan fingerprint density at radius 2 is 1.23 bits per heavy atom. The van der Waals surface area contributed by atoms with Crippen LogP contribution in [0.3, 0.4) is 0 Å². The molecule has 3 rings (SSSR count). The minimum atomic E-state index is -1.52. The molecular formula is C34H36N2O10S. The lowest BCUT2D eigenvalue weighted by Crippen LogP contribution is -2.57. The van der Waals surface area contributed by atoms with Crippen molar-refractivity contribution in [3.8, 4) is 5.75 Å². The maximum atomic E-state index is 13.0. The summed E-state index contributed by atoms with van der Waals surface area (Å²) in [5, 5.41) is 6.54. The molecule has 3 aromatic rings. The number of esters is 3. The molecule has 0 saturated carbocycles. The minimum absolute atomic E-state index is 0.0205. The van der Waals surface area contributed by atoms with Gasteiger partial charge in [0.05, 0.1) is 12.6 Å². The fourth-order valence-electron chi connectivity index (χ4n) is 4.25. The zero-order valence-corrected chi connectivity index (χ0v) is 26.9. The van der Waals surface area contributed by atoms with Gasteiger partial charge in [0.2, 0.25) is 0 Å². The van der Waals surface area contributed by atoms with E-state index in [0.29, 0.717) is 5.75 Å². The predicted octanol–water partition coefficient (Wildman–Crippen LogP) is 5.08. The first-order valence-electron chi connectivity index (χ1n) is 14.5. The molecule has 0 spiro atoms. The van der Waals surface area contributed by atoms with Crippen molar-refractivity contribution in [2.45, 2.75) is 64.8 Å². The van der Waals surface area contributed by atoms with Gasteiger partial charge in [-0.05, 0) is 35.5 Å². The fourth-order valence-corrected chi connectivity index (χ4v) is 4.51. The van der Waals surface area contributed by atoms with E-state index in [-0.39, 0.29) is 24.7 Å². The SMILES string of the molecule is CC(=O)O[C@@H]([C@H](OC(C)=O)[C@H](CC(=S)Oc1ccccc1)OC(C)=O)[C@H](/C=N/OCc1ccccc1)NC(=O)OCc1ccccc1. The van der Waals surface area contributed by atoms with E-state index < -0.39 is 48.4 Å². The summed E-state index contributed by atoms with van der Waals surface area (Å²) in [5.74, 6) is -1.94. The lowest BCUT2D eigenvalue weighted by Gasteiger charge is -2.34. The van der Waals surface area contributed by atoms with E-state index >= 15 is 0 Å². The average Bonchev–Trinajstić information content (AvgIpc) is 3.04. The van der Waals surface area contributed by atoms with Crippen molar-refractivity contribution in [1.82, 2.24) is 5.32 Å². The third-order valence-electron chi connectivity index (χ3n) is 6.18. The van der Waals surface area contributed by atoms with Gasteiger partial charge < -0.3 is 33.8 Å². The number of alkyl carbamates (subject to hydrolysis) is 1. The molecule has 0 bridgehead atoms. The number of nitrogens with zero attached hydrogens (tertiary/aromatic N) is 1. The summed E-state index contributed by atoms with van der Waals surface area (Å²) in [4.78, 5) is 55.5. The van der Waals surface area contributed by atoms with E-state index in [0.717, 1.165) is 38.1 Å². The summed E-state index contributed by atoms with van der Waals surface area (Å²) in [7, 11) is 0. The molecule has 0 fully saturated rings. The van der Waals surface area contributed by atoms with E-state index in [2.05, 4.69) is 10.5 Å². The Morgan fingerprint density at radius 3 is 1.79 bits per heavy atom. The molecule has 0 radical (unpaired) electrons. The Hall–Kier alpha value is -5.30. The second-order valence-electron chi connectivity index (χ2n) is 10.0. The largest absolute Gasteiger partial charge is 0.458 e. The Bertz CT molecular complexity index is 1490. The lowest BCUT2D eigenvalue weighted by atomic mass is 9.98. The van der Waals surface area contributed by atoms with Crippen LogP contribution >= 0.6 is 12.2 Å². The van der Waals surface area contributed by atoms with Crippen molar-refractivity contribution in [2.24, 2.45) is 5.16 Å². The predicted molar refractivity (Wildman–Crippen MR) is 174 cm³/mol. The highest BCUT2D eigenvalue weighted by atomic mass is 32.1. The van der Waals surface area contributed by atoms with Gasteiger partial charge in [-0.1, -0.05) is 84.0 Å². The standard InChI is InChI=1S/C34H36N2O10S/c1-23(37)43-30(19-31(47)46-28-17-11-6-12-18-28)33(45-25(3)39)32(44-24(2)38)29(20-35-42-22-27-15-9-5-10-16-27)36-34(40)41-21-26-13-7-4-8-14-26/h4-18,20,29-30,32-33H,19,21-22H2,1-3H3,(H,36,40)/b35-20+/t29-,30-,32+,33+/m0/s1. The van der Waals surface area contributed by atoms with Gasteiger partial charge in [-0.25, -0.2) is 4.79 Å². The van der Waals surface area contributed by atoms with Crippen LogP contribution in [0, 0.1) is 0 Å². The molecule has 1 N–H and O–H groups in total. The fraction of sp³-hybridized carbons (Fsp3) is 0.294. The molecule has 0 aliphatic carbocycles. The monoisotopic (exact) mass is 664 g/mol. The van der Waals surface area contributed by atoms with Crippen LogP contribution in [0.25, 0.3) is 0 Å². The number of benzene rings is 3. The van der Waals surface area contributed by atoms with Crippen LogP contribution in [-0.4, -0.2) is 59.6 Å². The van der Waals surface area contributed by atoms with Crippen LogP contribution in [0.15, 0.2) is 96.2 Å². The van der Waals surface area contributed by atoms with E-state index in [1.165, 1.54) is 0 Å². The van der Waals surface area contributed by atoms with Gasteiger partial charge in [-0.2, -0.15) is 0 Å². The summed E-state index contributed by atoms with van der Waals surface area (Å²) in [5.41, 5.74) is 1.53. The van der Waals surface area contributed by atoms with Gasteiger partial charge in [-0.15, -0.1) is 0 Å². The normalized spacial score (nSPS) is 13.3. The number of rotatable bonds is 16. The number of thiocarbonyl (C=S) groups is 1. The minimum Gasteiger partial charge on any atom is -0.458 e. The van der Waals surface area contributed by atoms with E-state index in [4.69, 9.17) is 40.7 Å². The Balaban J connectivity index is 1.94. The molecular weight excluding hydrogens is 628 g/mol. The third-order valence-corrected chi connectivity index (χ3v) is 6.43. The van der Waals surface area contributed by atoms with Crippen molar-refractivity contribution >= 4 is 47.5 Å². The number of nitrogens with one attached hydrogen (secondary N) is 1. The van der Waals surface area contributed by atoms with Gasteiger partial charge >= 0.3 is 24.0 Å². The number of amides is 1. The van der Waals surface area contributed by atoms with Crippen LogP contribution in [0.5, 0.6) is 5.75 Å². The summed E-state index contributed by atoms with van der Waals surface area (Å²) >= 11 is 5.42. The first-order valence-corrected chi connectivity index (χ1v) is 15.0. The highest BCUT2D eigenvalue weighted by Gasteiger charge is 2.43. The molecule has 1 amide bonds. The quantitative estimate of drug-likeness (QED) is 0.0719. The smallest absolute Gasteiger partial charge is 0.408 e. The summed E-state index contributed by atoms with van der Waals surface area (Å²) in [6, 6.07) is 25.4. The van der Waals surface area contributed by atoms with Crippen molar-refractivity contribution in [1.29, 1.82) is 0 Å². The molecule has 0 aliphatic heterocycles. The number of hydrogen-bond acceptors (Lipinski definition) is 12. The molecule has 4 atom stereocenters. The van der Waals surface area contributed by atoms with Crippen molar-refractivity contribution in [3.05, 3.63) is 102 Å². The molecule has 47 heavy (non-hydrogen) atoms. The number of carbonyl (C=O) groups excluding carboxylic acids is 4. The molecule has 13 heteroatoms. The molecule has 0 aliphatic rings. The summed E-state index contributed by atoms with van der Waals surface area (Å²) < 4.78 is 27.8. The Morgan fingerprint density at radius 1 is 0.723 bits per heavy atom. The Kier molecular flexibility index (Phi) is 14.8. The Labute approximate surface area is 277 Å². The van der Waals surface area contributed by atoms with Crippen molar-refractivity contribution < 1.29 is 47.7 Å². The van der Waals surface area contributed by atoms with Crippen molar-refractivity contribution in [2.75, 3.05) is 0 Å². The number of para-hydroxylation sites is 1. The zero-order valence-electron chi connectivity index (χ0n) is 26.1. The highest BCUT2D eigenvalue weighted by molar-refractivity contribution is 7.80. The lowest BCUT2D eigenvalue weighted by molar-refractivity contribution is -0.183. The van der Waals surface area contributed by atoms with E-state index in [1.54, 1.807) is 54.6 Å². The molecule has 0 heterocycles. The molecule has 0 unspecified atom stereocenters. The topological polar surface area (TPSA) is 148 Å². The number of ether oxygens (including phenoxy) is 5. The van der Waals surface area contributed by atoms with Crippen LogP contribution in [0.1, 0.15) is 38.3 Å². The van der Waals surface area contributed by atoms with Crippen LogP contribution in [-0.2, 0) is 51.4 Å². The zero-order chi connectivity index (χ0) is 34.0. The maximum Gasteiger partial charge on any atom is 0.408 e. The van der Waals surface area contributed by atoms with E-state index in [9.17, 15) is 19.2 Å². The molecule has 3 aromatic carbocycles. The first-order chi connectivity index (χ1) is 22.6. The molecule has 12 nitrogen and oxygen atoms in total. The van der Waals surface area contributed by atoms with Gasteiger partial charge in [-0.3, -0.25) is 14.4 Å². The van der Waals surface area contributed by atoms with Crippen LogP contribution in [0.2, 0.25) is 0 Å².